The highest BCUT2D eigenvalue weighted by Crippen LogP contribution is 2.30. The van der Waals surface area contributed by atoms with E-state index < -0.39 is 15.7 Å². The molecule has 9 heteroatoms. The quantitative estimate of drug-likeness (QED) is 0.405. The number of rotatable bonds is 6. The molecule has 0 radical (unpaired) electrons. The highest BCUT2D eigenvalue weighted by molar-refractivity contribution is 7.91. The number of nitrogens with zero attached hydrogens (tertiary/aromatic N) is 2. The van der Waals surface area contributed by atoms with Crippen LogP contribution in [-0.4, -0.2) is 49.5 Å². The summed E-state index contributed by atoms with van der Waals surface area (Å²) in [7, 11) is -3.92. The third-order valence-corrected chi connectivity index (χ3v) is 7.66. The van der Waals surface area contributed by atoms with Gasteiger partial charge in [-0.25, -0.2) is 12.8 Å². The Balaban J connectivity index is 1.62. The first-order valence-electron chi connectivity index (χ1n) is 10.8. The molecule has 1 saturated heterocycles. The third kappa shape index (κ3) is 4.64. The van der Waals surface area contributed by atoms with Gasteiger partial charge in [0.15, 0.2) is 0 Å². The summed E-state index contributed by atoms with van der Waals surface area (Å²) < 4.78 is 46.5. The fourth-order valence-electron chi connectivity index (χ4n) is 4.20. The van der Waals surface area contributed by atoms with Crippen molar-refractivity contribution in [3.8, 4) is 0 Å². The van der Waals surface area contributed by atoms with Gasteiger partial charge in [0.2, 0.25) is 15.7 Å². The van der Waals surface area contributed by atoms with Crippen molar-refractivity contribution in [1.29, 1.82) is 0 Å². The van der Waals surface area contributed by atoms with Gasteiger partial charge in [0.1, 0.15) is 12.4 Å². The van der Waals surface area contributed by atoms with E-state index in [4.69, 9.17) is 4.74 Å². The summed E-state index contributed by atoms with van der Waals surface area (Å²) in [5.41, 5.74) is 0.602. The van der Waals surface area contributed by atoms with Crippen LogP contribution >= 0.6 is 0 Å². The van der Waals surface area contributed by atoms with Crippen molar-refractivity contribution in [2.75, 3.05) is 19.7 Å². The molecule has 0 aliphatic carbocycles. The van der Waals surface area contributed by atoms with Crippen LogP contribution in [0.2, 0.25) is 0 Å². The second-order valence-electron chi connectivity index (χ2n) is 8.03. The maximum Gasteiger partial charge on any atom is 0.310 e. The number of amides is 1. The molecule has 0 spiro atoms. The van der Waals surface area contributed by atoms with Gasteiger partial charge in [-0.1, -0.05) is 18.2 Å². The first-order valence-corrected chi connectivity index (χ1v) is 12.3. The number of hydrogen-bond donors (Lipinski definition) is 0. The Labute approximate surface area is 191 Å². The molecule has 2 aromatic carbocycles. The minimum Gasteiger partial charge on any atom is -0.466 e. The molecule has 174 valence electrons. The molecule has 0 N–H and O–H groups in total. The standard InChI is InChI=1S/C24H25FN2O5S/c1-2-32-24(29)17-6-5-13-26(14-17)23(28)16-27-15-22(20-7-3-4-8-21(20)27)33(30,31)19-11-9-18(25)10-12-19/h3-4,7-12,15,17H,2,5-6,13-14,16H2,1H3. The topological polar surface area (TPSA) is 85.7 Å². The Morgan fingerprint density at radius 2 is 1.85 bits per heavy atom. The van der Waals surface area contributed by atoms with Crippen LogP contribution in [0.4, 0.5) is 4.39 Å². The van der Waals surface area contributed by atoms with E-state index >= 15 is 0 Å². The predicted molar refractivity (Wildman–Crippen MR) is 120 cm³/mol. The predicted octanol–water partition coefficient (Wildman–Crippen LogP) is 3.41. The average molecular weight is 473 g/mol. The van der Waals surface area contributed by atoms with E-state index in [1.807, 2.05) is 0 Å². The van der Waals surface area contributed by atoms with E-state index in [0.717, 1.165) is 12.1 Å². The molecule has 1 aliphatic heterocycles. The second-order valence-corrected chi connectivity index (χ2v) is 9.94. The number of halogens is 1. The first-order chi connectivity index (χ1) is 15.8. The molecule has 0 saturated carbocycles. The van der Waals surface area contributed by atoms with E-state index in [1.165, 1.54) is 18.3 Å². The van der Waals surface area contributed by atoms with Gasteiger partial charge in [-0.15, -0.1) is 0 Å². The molecule has 1 unspecified atom stereocenters. The van der Waals surface area contributed by atoms with E-state index in [0.29, 0.717) is 36.9 Å². The molecular formula is C24H25FN2O5S. The fraction of sp³-hybridized carbons (Fsp3) is 0.333. The minimum absolute atomic E-state index is 0.0218. The molecule has 0 bridgehead atoms. The highest BCUT2D eigenvalue weighted by atomic mass is 32.2. The van der Waals surface area contributed by atoms with Crippen molar-refractivity contribution >= 4 is 32.6 Å². The molecule has 33 heavy (non-hydrogen) atoms. The lowest BCUT2D eigenvalue weighted by atomic mass is 9.98. The molecule has 4 rings (SSSR count). The Hall–Kier alpha value is -3.20. The largest absolute Gasteiger partial charge is 0.466 e. The number of para-hydroxylation sites is 1. The lowest BCUT2D eigenvalue weighted by molar-refractivity contribution is -0.151. The maximum atomic E-state index is 13.3. The number of esters is 1. The molecule has 1 fully saturated rings. The molecule has 1 aromatic heterocycles. The van der Waals surface area contributed by atoms with Crippen LogP contribution < -0.4 is 0 Å². The van der Waals surface area contributed by atoms with Crippen molar-refractivity contribution in [3.05, 3.63) is 60.5 Å². The molecular weight excluding hydrogens is 447 g/mol. The van der Waals surface area contributed by atoms with Crippen molar-refractivity contribution in [1.82, 2.24) is 9.47 Å². The van der Waals surface area contributed by atoms with Crippen molar-refractivity contribution in [3.63, 3.8) is 0 Å². The smallest absolute Gasteiger partial charge is 0.310 e. The van der Waals surface area contributed by atoms with Crippen molar-refractivity contribution in [2.24, 2.45) is 5.92 Å². The Morgan fingerprint density at radius 3 is 2.58 bits per heavy atom. The number of likely N-dealkylation sites (tertiary alicyclic amines) is 1. The van der Waals surface area contributed by atoms with Crippen LogP contribution in [0.15, 0.2) is 64.5 Å². The lowest BCUT2D eigenvalue weighted by Crippen LogP contribution is -2.44. The number of carbonyl (C=O) groups is 2. The van der Waals surface area contributed by atoms with E-state index in [2.05, 4.69) is 0 Å². The molecule has 2 heterocycles. The number of hydrogen-bond acceptors (Lipinski definition) is 5. The molecule has 1 amide bonds. The van der Waals surface area contributed by atoms with E-state index in [1.54, 1.807) is 40.7 Å². The van der Waals surface area contributed by atoms with Crippen LogP contribution in [0.3, 0.4) is 0 Å². The summed E-state index contributed by atoms with van der Waals surface area (Å²) in [5.74, 6) is -1.37. The minimum atomic E-state index is -3.92. The molecule has 3 aromatic rings. The summed E-state index contributed by atoms with van der Waals surface area (Å²) in [5, 5.41) is 0.484. The summed E-state index contributed by atoms with van der Waals surface area (Å²) in [4.78, 5) is 26.8. The zero-order valence-corrected chi connectivity index (χ0v) is 19.1. The van der Waals surface area contributed by atoms with Gasteiger partial charge in [0.05, 0.1) is 22.3 Å². The van der Waals surface area contributed by atoms with Gasteiger partial charge in [0.25, 0.3) is 0 Å². The van der Waals surface area contributed by atoms with Crippen molar-refractivity contribution in [2.45, 2.75) is 36.1 Å². The summed E-state index contributed by atoms with van der Waals surface area (Å²) in [6.07, 6.45) is 2.83. The number of fused-ring (bicyclic) bond motifs is 1. The summed E-state index contributed by atoms with van der Waals surface area (Å²) in [6, 6.07) is 11.6. The second kappa shape index (κ2) is 9.35. The number of sulfone groups is 1. The number of carbonyl (C=O) groups excluding carboxylic acids is 2. The number of ether oxygens (including phenoxy) is 1. The van der Waals surface area contributed by atoms with Crippen LogP contribution in [-0.2, 0) is 30.7 Å². The van der Waals surface area contributed by atoms with Gasteiger partial charge in [-0.2, -0.15) is 0 Å². The Kier molecular flexibility index (Phi) is 6.51. The molecule has 7 nitrogen and oxygen atoms in total. The highest BCUT2D eigenvalue weighted by Gasteiger charge is 2.30. The number of aromatic nitrogens is 1. The SMILES string of the molecule is CCOC(=O)C1CCCN(C(=O)Cn2cc(S(=O)(=O)c3ccc(F)cc3)c3ccccc32)C1. The molecule has 1 atom stereocenters. The zero-order valence-electron chi connectivity index (χ0n) is 18.2. The van der Waals surface area contributed by atoms with E-state index in [9.17, 15) is 22.4 Å². The number of benzene rings is 2. The fourth-order valence-corrected chi connectivity index (χ4v) is 5.68. The van der Waals surface area contributed by atoms with E-state index in [-0.39, 0.29) is 40.7 Å². The van der Waals surface area contributed by atoms with Crippen LogP contribution in [0.5, 0.6) is 0 Å². The lowest BCUT2D eigenvalue weighted by Gasteiger charge is -2.31. The van der Waals surface area contributed by atoms with Gasteiger partial charge in [-0.05, 0) is 50.1 Å². The van der Waals surface area contributed by atoms with Gasteiger partial charge < -0.3 is 14.2 Å². The zero-order chi connectivity index (χ0) is 23.6. The Morgan fingerprint density at radius 1 is 1.12 bits per heavy atom. The van der Waals surface area contributed by atoms with Gasteiger partial charge in [-0.3, -0.25) is 9.59 Å². The summed E-state index contributed by atoms with van der Waals surface area (Å²) >= 11 is 0. The van der Waals surface area contributed by atoms with Crippen molar-refractivity contribution < 1.29 is 27.1 Å². The van der Waals surface area contributed by atoms with Gasteiger partial charge >= 0.3 is 5.97 Å². The Bertz CT molecular complexity index is 1280. The van der Waals surface area contributed by atoms with Crippen LogP contribution in [0.1, 0.15) is 19.8 Å². The summed E-state index contributed by atoms with van der Waals surface area (Å²) in [6.45, 7) is 2.81. The number of piperidine rings is 1. The molecule has 1 aliphatic rings. The van der Waals surface area contributed by atoms with Crippen LogP contribution in [0.25, 0.3) is 10.9 Å². The normalized spacial score (nSPS) is 16.7. The first kappa shape index (κ1) is 23.0. The third-order valence-electron chi connectivity index (χ3n) is 5.87. The maximum absolute atomic E-state index is 13.3. The van der Waals surface area contributed by atoms with Gasteiger partial charge in [0, 0.05) is 30.2 Å². The van der Waals surface area contributed by atoms with Crippen LogP contribution in [0, 0.1) is 11.7 Å². The average Bonchev–Trinajstić information content (AvgIpc) is 3.19. The monoisotopic (exact) mass is 472 g/mol.